The summed E-state index contributed by atoms with van der Waals surface area (Å²) in [5, 5.41) is 3.40. The number of likely N-dealkylation sites (N-methyl/N-ethyl adjacent to an activating group) is 1. The smallest absolute Gasteiger partial charge is 0.194 e. The molecule has 0 bridgehead atoms. The Balaban J connectivity index is 0.00000280. The van der Waals surface area contributed by atoms with Gasteiger partial charge in [-0.2, -0.15) is 0 Å². The van der Waals surface area contributed by atoms with Gasteiger partial charge >= 0.3 is 0 Å². The number of benzene rings is 1. The Hall–Kier alpha value is -1.61. The second kappa shape index (κ2) is 10.8. The van der Waals surface area contributed by atoms with Gasteiger partial charge in [-0.3, -0.25) is 9.89 Å². The molecule has 3 rings (SSSR count). The van der Waals surface area contributed by atoms with Crippen LogP contribution in [0.2, 0.25) is 0 Å². The van der Waals surface area contributed by atoms with Crippen LogP contribution in [0.1, 0.15) is 32.5 Å². The number of halogens is 1. The number of aromatic nitrogens is 2. The SMILES string of the molecule is CCNC(=NCC(C)N(C)C1CC1)N(C)Cc1ncc(-c2ccccc2)[nH]1.I. The van der Waals surface area contributed by atoms with E-state index in [0.29, 0.717) is 12.6 Å². The number of guanidine groups is 1. The zero-order valence-corrected chi connectivity index (χ0v) is 19.7. The van der Waals surface area contributed by atoms with Crippen molar-refractivity contribution in [3.8, 4) is 11.3 Å². The highest BCUT2D eigenvalue weighted by atomic mass is 127. The lowest BCUT2D eigenvalue weighted by molar-refractivity contribution is 0.252. The van der Waals surface area contributed by atoms with E-state index in [9.17, 15) is 0 Å². The number of H-pyrrole nitrogens is 1. The third kappa shape index (κ3) is 6.20. The number of hydrogen-bond donors (Lipinski definition) is 2. The summed E-state index contributed by atoms with van der Waals surface area (Å²) in [6, 6.07) is 11.5. The number of rotatable bonds is 8. The predicted molar refractivity (Wildman–Crippen MR) is 127 cm³/mol. The van der Waals surface area contributed by atoms with Crippen LogP contribution >= 0.6 is 24.0 Å². The van der Waals surface area contributed by atoms with Crippen LogP contribution in [0.4, 0.5) is 0 Å². The van der Waals surface area contributed by atoms with Gasteiger partial charge in [0, 0.05) is 25.7 Å². The second-order valence-electron chi connectivity index (χ2n) is 7.41. The van der Waals surface area contributed by atoms with Crippen molar-refractivity contribution in [2.75, 3.05) is 27.2 Å². The highest BCUT2D eigenvalue weighted by Gasteiger charge is 2.29. The van der Waals surface area contributed by atoms with Gasteiger partial charge in [-0.1, -0.05) is 30.3 Å². The molecule has 1 heterocycles. The number of imidazole rings is 1. The fraction of sp³-hybridized carbons (Fsp3) is 0.524. The van der Waals surface area contributed by atoms with Gasteiger partial charge in [0.15, 0.2) is 5.96 Å². The van der Waals surface area contributed by atoms with Crippen LogP contribution in [0.5, 0.6) is 0 Å². The van der Waals surface area contributed by atoms with Crippen LogP contribution in [0.3, 0.4) is 0 Å². The molecule has 1 saturated carbocycles. The Bertz CT molecular complexity index is 740. The third-order valence-electron chi connectivity index (χ3n) is 5.12. The molecule has 2 N–H and O–H groups in total. The van der Waals surface area contributed by atoms with E-state index in [1.807, 2.05) is 24.4 Å². The fourth-order valence-corrected chi connectivity index (χ4v) is 3.17. The van der Waals surface area contributed by atoms with Crippen molar-refractivity contribution in [2.45, 2.75) is 45.3 Å². The van der Waals surface area contributed by atoms with Crippen molar-refractivity contribution in [3.63, 3.8) is 0 Å². The van der Waals surface area contributed by atoms with Crippen molar-refractivity contribution < 1.29 is 0 Å². The first kappa shape index (κ1) is 22.7. The van der Waals surface area contributed by atoms with E-state index in [0.717, 1.165) is 42.2 Å². The standard InChI is InChI=1S/C21H32N6.HI/c1-5-22-21(24-13-16(2)27(4)18-11-12-18)26(3)15-20-23-14-19(25-20)17-9-7-6-8-10-17;/h6-10,14,16,18H,5,11-13,15H2,1-4H3,(H,22,24)(H,23,25);1H. The maximum absolute atomic E-state index is 4.85. The number of nitrogens with zero attached hydrogens (tertiary/aromatic N) is 4. The average molecular weight is 496 g/mol. The van der Waals surface area contributed by atoms with Crippen LogP contribution in [0.15, 0.2) is 41.5 Å². The normalized spacial score (nSPS) is 15.2. The minimum atomic E-state index is 0. The topological polar surface area (TPSA) is 59.6 Å². The highest BCUT2D eigenvalue weighted by molar-refractivity contribution is 14.0. The molecule has 0 radical (unpaired) electrons. The summed E-state index contributed by atoms with van der Waals surface area (Å²) in [7, 11) is 4.27. The molecule has 0 spiro atoms. The Morgan fingerprint density at radius 3 is 2.64 bits per heavy atom. The van der Waals surface area contributed by atoms with Crippen LogP contribution in [-0.2, 0) is 6.54 Å². The molecule has 154 valence electrons. The fourth-order valence-electron chi connectivity index (χ4n) is 3.17. The summed E-state index contributed by atoms with van der Waals surface area (Å²) in [4.78, 5) is 17.4. The van der Waals surface area contributed by atoms with Gasteiger partial charge in [0.2, 0.25) is 0 Å². The van der Waals surface area contributed by atoms with Gasteiger partial charge in [0.25, 0.3) is 0 Å². The van der Waals surface area contributed by atoms with E-state index in [1.165, 1.54) is 12.8 Å². The molecule has 1 aliphatic rings. The molecule has 0 amide bonds. The van der Waals surface area contributed by atoms with Crippen LogP contribution in [0.25, 0.3) is 11.3 Å². The Labute approximate surface area is 185 Å². The number of nitrogens with one attached hydrogen (secondary N) is 2. The van der Waals surface area contributed by atoms with Gasteiger partial charge in [0.1, 0.15) is 5.82 Å². The van der Waals surface area contributed by atoms with Gasteiger partial charge in [-0.05, 0) is 39.3 Å². The van der Waals surface area contributed by atoms with E-state index in [1.54, 1.807) is 0 Å². The third-order valence-corrected chi connectivity index (χ3v) is 5.12. The molecule has 0 aliphatic heterocycles. The van der Waals surface area contributed by atoms with Gasteiger partial charge in [-0.15, -0.1) is 24.0 Å². The maximum Gasteiger partial charge on any atom is 0.194 e. The van der Waals surface area contributed by atoms with E-state index < -0.39 is 0 Å². The molecular formula is C21H33IN6. The molecule has 1 fully saturated rings. The summed E-state index contributed by atoms with van der Waals surface area (Å²) in [6.45, 7) is 6.69. The molecule has 1 aromatic carbocycles. The van der Waals surface area contributed by atoms with Crippen LogP contribution < -0.4 is 5.32 Å². The molecule has 28 heavy (non-hydrogen) atoms. The van der Waals surface area contributed by atoms with Gasteiger partial charge in [-0.25, -0.2) is 4.98 Å². The molecule has 6 nitrogen and oxygen atoms in total. The molecular weight excluding hydrogens is 463 g/mol. The lowest BCUT2D eigenvalue weighted by Crippen LogP contribution is -2.40. The van der Waals surface area contributed by atoms with Crippen molar-refractivity contribution >= 4 is 29.9 Å². The van der Waals surface area contributed by atoms with E-state index in [2.05, 4.69) is 65.2 Å². The Kier molecular flexibility index (Phi) is 8.75. The van der Waals surface area contributed by atoms with Crippen molar-refractivity contribution in [2.24, 2.45) is 4.99 Å². The summed E-state index contributed by atoms with van der Waals surface area (Å²) in [5.41, 5.74) is 2.19. The average Bonchev–Trinajstić information content (AvgIpc) is 3.44. The van der Waals surface area contributed by atoms with Crippen molar-refractivity contribution in [1.29, 1.82) is 0 Å². The Morgan fingerprint density at radius 2 is 2.00 bits per heavy atom. The molecule has 1 atom stereocenters. The predicted octanol–water partition coefficient (Wildman–Crippen LogP) is 3.57. The number of aliphatic imine (C=N–C) groups is 1. The van der Waals surface area contributed by atoms with Gasteiger partial charge < -0.3 is 15.2 Å². The second-order valence-corrected chi connectivity index (χ2v) is 7.41. The van der Waals surface area contributed by atoms with Gasteiger partial charge in [0.05, 0.1) is 25.0 Å². The summed E-state index contributed by atoms with van der Waals surface area (Å²) < 4.78 is 0. The number of hydrogen-bond acceptors (Lipinski definition) is 3. The number of aromatic amines is 1. The minimum Gasteiger partial charge on any atom is -0.357 e. The largest absolute Gasteiger partial charge is 0.357 e. The first-order valence-corrected chi connectivity index (χ1v) is 9.89. The minimum absolute atomic E-state index is 0. The molecule has 7 heteroatoms. The summed E-state index contributed by atoms with van der Waals surface area (Å²) in [6.07, 6.45) is 4.55. The summed E-state index contributed by atoms with van der Waals surface area (Å²) >= 11 is 0. The lowest BCUT2D eigenvalue weighted by atomic mass is 10.2. The lowest BCUT2D eigenvalue weighted by Gasteiger charge is -2.25. The zero-order chi connectivity index (χ0) is 19.2. The first-order valence-electron chi connectivity index (χ1n) is 9.89. The molecule has 2 aromatic rings. The van der Waals surface area contributed by atoms with Crippen molar-refractivity contribution in [1.82, 2.24) is 25.1 Å². The summed E-state index contributed by atoms with van der Waals surface area (Å²) in [5.74, 6) is 1.86. The van der Waals surface area contributed by atoms with E-state index in [-0.39, 0.29) is 24.0 Å². The molecule has 1 unspecified atom stereocenters. The van der Waals surface area contributed by atoms with E-state index >= 15 is 0 Å². The van der Waals surface area contributed by atoms with Crippen LogP contribution in [0, 0.1) is 0 Å². The van der Waals surface area contributed by atoms with E-state index in [4.69, 9.17) is 4.99 Å². The maximum atomic E-state index is 4.85. The highest BCUT2D eigenvalue weighted by Crippen LogP contribution is 2.26. The van der Waals surface area contributed by atoms with Crippen molar-refractivity contribution in [3.05, 3.63) is 42.4 Å². The monoisotopic (exact) mass is 496 g/mol. The molecule has 0 saturated heterocycles. The van der Waals surface area contributed by atoms with Crippen LogP contribution in [-0.4, -0.2) is 65.0 Å². The molecule has 1 aromatic heterocycles. The first-order chi connectivity index (χ1) is 13.1. The zero-order valence-electron chi connectivity index (χ0n) is 17.4. The molecule has 1 aliphatic carbocycles. The Morgan fingerprint density at radius 1 is 1.29 bits per heavy atom. The quantitative estimate of drug-likeness (QED) is 0.333.